The van der Waals surface area contributed by atoms with Crippen molar-refractivity contribution in [2.75, 3.05) is 19.4 Å². The maximum absolute atomic E-state index is 12.1. The summed E-state index contributed by atoms with van der Waals surface area (Å²) in [5.41, 5.74) is 7.66. The number of amides is 1. The van der Waals surface area contributed by atoms with Crippen LogP contribution in [0.3, 0.4) is 0 Å². The molecular weight excluding hydrogens is 238 g/mol. The Labute approximate surface area is 115 Å². The van der Waals surface area contributed by atoms with Crippen molar-refractivity contribution in [2.24, 2.45) is 5.73 Å². The monoisotopic (exact) mass is 261 g/mol. The maximum Gasteiger partial charge on any atom is 0.255 e. The Kier molecular flexibility index (Phi) is 4.43. The molecule has 0 saturated heterocycles. The fraction of sp³-hybridized carbons (Fsp3) is 0.533. The van der Waals surface area contributed by atoms with Crippen LogP contribution in [0.15, 0.2) is 24.3 Å². The minimum atomic E-state index is 0.0307. The lowest BCUT2D eigenvalue weighted by molar-refractivity contribution is 0.0828. The van der Waals surface area contributed by atoms with Crippen LogP contribution < -0.4 is 11.1 Å². The van der Waals surface area contributed by atoms with Gasteiger partial charge in [-0.1, -0.05) is 12.1 Å². The van der Waals surface area contributed by atoms with Gasteiger partial charge in [-0.05, 0) is 37.8 Å². The van der Waals surface area contributed by atoms with E-state index in [0.717, 1.165) is 36.9 Å². The summed E-state index contributed by atoms with van der Waals surface area (Å²) < 4.78 is 0. The van der Waals surface area contributed by atoms with Gasteiger partial charge in [-0.15, -0.1) is 0 Å². The molecule has 1 aromatic carbocycles. The topological polar surface area (TPSA) is 58.4 Å². The van der Waals surface area contributed by atoms with Crippen LogP contribution in [0.1, 0.15) is 36.0 Å². The molecular formula is C15H23N3O. The molecule has 4 nitrogen and oxygen atoms in total. The van der Waals surface area contributed by atoms with Gasteiger partial charge in [-0.3, -0.25) is 4.79 Å². The van der Waals surface area contributed by atoms with Gasteiger partial charge in [-0.2, -0.15) is 0 Å². The van der Waals surface area contributed by atoms with E-state index in [0.29, 0.717) is 6.04 Å². The molecule has 0 heterocycles. The standard InChI is InChI=1S/C15H23N3O/c1-18(2)15(19)13-8-3-4-9-14(13)17-12-7-5-6-11(16)10-12/h3-4,8-9,11-12,17H,5-7,10,16H2,1-2H3. The minimum absolute atomic E-state index is 0.0307. The maximum atomic E-state index is 12.1. The van der Waals surface area contributed by atoms with Gasteiger partial charge >= 0.3 is 0 Å². The number of hydrogen-bond acceptors (Lipinski definition) is 3. The third kappa shape index (κ3) is 3.47. The number of hydrogen-bond donors (Lipinski definition) is 2. The zero-order valence-corrected chi connectivity index (χ0v) is 11.7. The summed E-state index contributed by atoms with van der Waals surface area (Å²) in [6.07, 6.45) is 4.36. The highest BCUT2D eigenvalue weighted by molar-refractivity contribution is 5.99. The number of benzene rings is 1. The van der Waals surface area contributed by atoms with Crippen LogP contribution >= 0.6 is 0 Å². The van der Waals surface area contributed by atoms with Crippen molar-refractivity contribution in [2.45, 2.75) is 37.8 Å². The lowest BCUT2D eigenvalue weighted by Gasteiger charge is -2.29. The number of nitrogens with one attached hydrogen (secondary N) is 1. The van der Waals surface area contributed by atoms with E-state index < -0.39 is 0 Å². The van der Waals surface area contributed by atoms with Crippen molar-refractivity contribution in [3.8, 4) is 0 Å². The van der Waals surface area contributed by atoms with Crippen molar-refractivity contribution in [3.05, 3.63) is 29.8 Å². The molecule has 1 aromatic rings. The van der Waals surface area contributed by atoms with Gasteiger partial charge in [0, 0.05) is 31.9 Å². The van der Waals surface area contributed by atoms with Crippen molar-refractivity contribution in [1.82, 2.24) is 4.90 Å². The zero-order chi connectivity index (χ0) is 13.8. The largest absolute Gasteiger partial charge is 0.382 e. The SMILES string of the molecule is CN(C)C(=O)c1ccccc1NC1CCCC(N)C1. The molecule has 0 bridgehead atoms. The van der Waals surface area contributed by atoms with Crippen LogP contribution in [0.2, 0.25) is 0 Å². The van der Waals surface area contributed by atoms with Crippen molar-refractivity contribution in [1.29, 1.82) is 0 Å². The number of anilines is 1. The van der Waals surface area contributed by atoms with E-state index in [2.05, 4.69) is 5.32 Å². The molecule has 3 N–H and O–H groups in total. The summed E-state index contributed by atoms with van der Waals surface area (Å²) in [5, 5.41) is 3.49. The molecule has 2 unspecified atom stereocenters. The summed E-state index contributed by atoms with van der Waals surface area (Å²) in [7, 11) is 3.55. The molecule has 2 rings (SSSR count). The molecule has 4 heteroatoms. The first-order chi connectivity index (χ1) is 9.08. The van der Waals surface area contributed by atoms with Crippen LogP contribution in [0.5, 0.6) is 0 Å². The van der Waals surface area contributed by atoms with Crippen molar-refractivity contribution < 1.29 is 4.79 Å². The predicted molar refractivity (Wildman–Crippen MR) is 78.3 cm³/mol. The highest BCUT2D eigenvalue weighted by Crippen LogP contribution is 2.24. The molecule has 1 aliphatic carbocycles. The Balaban J connectivity index is 2.13. The third-order valence-electron chi connectivity index (χ3n) is 3.64. The normalized spacial score (nSPS) is 22.9. The molecule has 1 saturated carbocycles. The van der Waals surface area contributed by atoms with Crippen LogP contribution in [0.25, 0.3) is 0 Å². The lowest BCUT2D eigenvalue weighted by Crippen LogP contribution is -2.35. The second-order valence-electron chi connectivity index (χ2n) is 5.51. The minimum Gasteiger partial charge on any atom is -0.382 e. The van der Waals surface area contributed by atoms with E-state index in [1.807, 2.05) is 24.3 Å². The molecule has 2 atom stereocenters. The Hall–Kier alpha value is -1.55. The van der Waals surface area contributed by atoms with Gasteiger partial charge in [0.1, 0.15) is 0 Å². The molecule has 0 aromatic heterocycles. The number of nitrogens with two attached hydrogens (primary N) is 1. The van der Waals surface area contributed by atoms with Gasteiger partial charge in [0.2, 0.25) is 0 Å². The molecule has 1 aliphatic rings. The molecule has 104 valence electrons. The Morgan fingerprint density at radius 2 is 2.05 bits per heavy atom. The van der Waals surface area contributed by atoms with Crippen LogP contribution in [0.4, 0.5) is 5.69 Å². The molecule has 19 heavy (non-hydrogen) atoms. The second kappa shape index (κ2) is 6.06. The molecule has 0 spiro atoms. The number of nitrogens with zero attached hydrogens (tertiary/aromatic N) is 1. The van der Waals surface area contributed by atoms with E-state index in [9.17, 15) is 4.79 Å². The highest BCUT2D eigenvalue weighted by Gasteiger charge is 2.21. The zero-order valence-electron chi connectivity index (χ0n) is 11.7. The number of para-hydroxylation sites is 1. The van der Waals surface area contributed by atoms with E-state index in [1.54, 1.807) is 19.0 Å². The van der Waals surface area contributed by atoms with Gasteiger partial charge < -0.3 is 16.0 Å². The highest BCUT2D eigenvalue weighted by atomic mass is 16.2. The van der Waals surface area contributed by atoms with E-state index in [-0.39, 0.29) is 11.9 Å². The number of carbonyl (C=O) groups is 1. The first-order valence-corrected chi connectivity index (χ1v) is 6.90. The van der Waals surface area contributed by atoms with E-state index in [1.165, 1.54) is 0 Å². The van der Waals surface area contributed by atoms with E-state index in [4.69, 9.17) is 5.73 Å². The Morgan fingerprint density at radius 1 is 1.32 bits per heavy atom. The first kappa shape index (κ1) is 13.9. The molecule has 1 fully saturated rings. The van der Waals surface area contributed by atoms with Gasteiger partial charge in [0.05, 0.1) is 5.56 Å². The van der Waals surface area contributed by atoms with Crippen LogP contribution in [0, 0.1) is 0 Å². The summed E-state index contributed by atoms with van der Waals surface area (Å²) in [4.78, 5) is 13.7. The number of carbonyl (C=O) groups excluding carboxylic acids is 1. The average molecular weight is 261 g/mol. The fourth-order valence-corrected chi connectivity index (χ4v) is 2.61. The first-order valence-electron chi connectivity index (χ1n) is 6.90. The quantitative estimate of drug-likeness (QED) is 0.875. The fourth-order valence-electron chi connectivity index (χ4n) is 2.61. The Morgan fingerprint density at radius 3 is 2.74 bits per heavy atom. The van der Waals surface area contributed by atoms with Crippen molar-refractivity contribution in [3.63, 3.8) is 0 Å². The average Bonchev–Trinajstić information content (AvgIpc) is 2.38. The lowest BCUT2D eigenvalue weighted by atomic mass is 9.91. The third-order valence-corrected chi connectivity index (χ3v) is 3.64. The van der Waals surface area contributed by atoms with E-state index >= 15 is 0 Å². The summed E-state index contributed by atoms with van der Waals surface area (Å²) in [5.74, 6) is 0.0307. The van der Waals surface area contributed by atoms with Gasteiger partial charge in [0.25, 0.3) is 5.91 Å². The van der Waals surface area contributed by atoms with Gasteiger partial charge in [0.15, 0.2) is 0 Å². The summed E-state index contributed by atoms with van der Waals surface area (Å²) >= 11 is 0. The molecule has 0 radical (unpaired) electrons. The summed E-state index contributed by atoms with van der Waals surface area (Å²) in [6, 6.07) is 8.35. The van der Waals surface area contributed by atoms with Crippen molar-refractivity contribution >= 4 is 11.6 Å². The van der Waals surface area contributed by atoms with Crippen LogP contribution in [-0.2, 0) is 0 Å². The van der Waals surface area contributed by atoms with Gasteiger partial charge in [-0.25, -0.2) is 0 Å². The smallest absolute Gasteiger partial charge is 0.255 e. The van der Waals surface area contributed by atoms with Crippen LogP contribution in [-0.4, -0.2) is 37.0 Å². The summed E-state index contributed by atoms with van der Waals surface area (Å²) in [6.45, 7) is 0. The Bertz CT molecular complexity index is 445. The molecule has 0 aliphatic heterocycles. The number of rotatable bonds is 3. The second-order valence-corrected chi connectivity index (χ2v) is 5.51. The predicted octanol–water partition coefficient (Wildman–Crippen LogP) is 2.07. The molecule has 1 amide bonds.